The van der Waals surface area contributed by atoms with Crippen molar-refractivity contribution in [3.63, 3.8) is 0 Å². The lowest BCUT2D eigenvalue weighted by atomic mass is 10.1. The van der Waals surface area contributed by atoms with Gasteiger partial charge in [-0.2, -0.15) is 0 Å². The molecule has 0 fully saturated rings. The minimum absolute atomic E-state index is 0.124. The molecule has 5 heteroatoms. The molecule has 1 nitrogen and oxygen atoms in total. The molecule has 1 unspecified atom stereocenters. The first-order valence-electron chi connectivity index (χ1n) is 6.84. The van der Waals surface area contributed by atoms with Crippen molar-refractivity contribution >= 4 is 55.3 Å². The highest BCUT2D eigenvalue weighted by Gasteiger charge is 2.19. The normalized spacial score (nSPS) is 12.9. The Morgan fingerprint density at radius 3 is 2.71 bits per heavy atom. The van der Waals surface area contributed by atoms with E-state index in [0.717, 1.165) is 18.5 Å². The molecule has 0 saturated heterocycles. The van der Waals surface area contributed by atoms with Crippen molar-refractivity contribution in [2.24, 2.45) is 0 Å². The van der Waals surface area contributed by atoms with E-state index in [-0.39, 0.29) is 6.04 Å². The summed E-state index contributed by atoms with van der Waals surface area (Å²) >= 11 is 16.0. The fourth-order valence-electron chi connectivity index (χ4n) is 2.31. The van der Waals surface area contributed by atoms with Gasteiger partial charge in [-0.15, -0.1) is 22.7 Å². The van der Waals surface area contributed by atoms with Crippen molar-refractivity contribution in [2.75, 3.05) is 6.54 Å². The van der Waals surface area contributed by atoms with Crippen LogP contribution in [0.2, 0.25) is 10.0 Å². The molecule has 0 aliphatic heterocycles. The summed E-state index contributed by atoms with van der Waals surface area (Å²) in [5.74, 6) is 0. The van der Waals surface area contributed by atoms with E-state index in [2.05, 4.69) is 29.8 Å². The fraction of sp³-hybridized carbons (Fsp3) is 0.250. The molecule has 0 amide bonds. The first kappa shape index (κ1) is 15.3. The van der Waals surface area contributed by atoms with E-state index in [1.165, 1.54) is 14.3 Å². The molecule has 2 aromatic heterocycles. The third-order valence-corrected chi connectivity index (χ3v) is 6.04. The third kappa shape index (κ3) is 3.27. The van der Waals surface area contributed by atoms with Crippen molar-refractivity contribution in [2.45, 2.75) is 19.4 Å². The number of rotatable bonds is 5. The van der Waals surface area contributed by atoms with Crippen LogP contribution in [-0.4, -0.2) is 6.54 Å². The molecule has 110 valence electrons. The van der Waals surface area contributed by atoms with E-state index in [1.807, 2.05) is 29.5 Å². The van der Waals surface area contributed by atoms with E-state index in [0.29, 0.717) is 10.0 Å². The zero-order valence-electron chi connectivity index (χ0n) is 11.5. The lowest BCUT2D eigenvalue weighted by molar-refractivity contribution is 0.606. The summed E-state index contributed by atoms with van der Waals surface area (Å²) in [7, 11) is 0. The van der Waals surface area contributed by atoms with Gasteiger partial charge in [0.05, 0.1) is 6.04 Å². The van der Waals surface area contributed by atoms with Gasteiger partial charge in [0.1, 0.15) is 0 Å². The quantitative estimate of drug-likeness (QED) is 0.561. The predicted octanol–water partition coefficient (Wildman–Crippen LogP) is 6.36. The summed E-state index contributed by atoms with van der Waals surface area (Å²) in [5.41, 5.74) is 1.09. The Balaban J connectivity index is 2.02. The average Bonchev–Trinajstić information content (AvgIpc) is 3.02. The van der Waals surface area contributed by atoms with Crippen LogP contribution >= 0.6 is 45.9 Å². The average molecular weight is 356 g/mol. The minimum atomic E-state index is 0.124. The maximum atomic E-state index is 6.41. The number of benzene rings is 1. The largest absolute Gasteiger partial charge is 0.306 e. The fourth-order valence-corrected chi connectivity index (χ4v) is 5.05. The van der Waals surface area contributed by atoms with Gasteiger partial charge < -0.3 is 5.32 Å². The molecule has 1 aromatic carbocycles. The van der Waals surface area contributed by atoms with Gasteiger partial charge in [0, 0.05) is 24.3 Å². The van der Waals surface area contributed by atoms with E-state index >= 15 is 0 Å². The van der Waals surface area contributed by atoms with E-state index in [9.17, 15) is 0 Å². The smallest absolute Gasteiger partial charge is 0.0686 e. The maximum Gasteiger partial charge on any atom is 0.0686 e. The molecule has 2 heterocycles. The monoisotopic (exact) mass is 355 g/mol. The Kier molecular flexibility index (Phi) is 4.87. The zero-order valence-corrected chi connectivity index (χ0v) is 14.7. The van der Waals surface area contributed by atoms with Gasteiger partial charge in [-0.25, -0.2) is 0 Å². The topological polar surface area (TPSA) is 12.0 Å². The van der Waals surface area contributed by atoms with Crippen LogP contribution < -0.4 is 5.32 Å². The summed E-state index contributed by atoms with van der Waals surface area (Å²) in [6.45, 7) is 3.12. The highest BCUT2D eigenvalue weighted by molar-refractivity contribution is 7.27. The Morgan fingerprint density at radius 2 is 2.00 bits per heavy atom. The molecule has 0 saturated carbocycles. The molecule has 21 heavy (non-hydrogen) atoms. The molecule has 0 aliphatic carbocycles. The zero-order chi connectivity index (χ0) is 14.8. The second kappa shape index (κ2) is 6.67. The van der Waals surface area contributed by atoms with Crippen molar-refractivity contribution in [1.29, 1.82) is 0 Å². The molecule has 0 radical (unpaired) electrons. The predicted molar refractivity (Wildman–Crippen MR) is 96.3 cm³/mol. The second-order valence-electron chi connectivity index (χ2n) is 4.85. The lowest BCUT2D eigenvalue weighted by Crippen LogP contribution is -2.22. The van der Waals surface area contributed by atoms with Gasteiger partial charge in [0.25, 0.3) is 0 Å². The van der Waals surface area contributed by atoms with Crippen LogP contribution in [0.25, 0.3) is 9.40 Å². The van der Waals surface area contributed by atoms with Gasteiger partial charge in [-0.05, 0) is 48.2 Å². The van der Waals surface area contributed by atoms with Crippen LogP contribution in [0.3, 0.4) is 0 Å². The van der Waals surface area contributed by atoms with Crippen molar-refractivity contribution < 1.29 is 0 Å². The molecule has 0 aliphatic rings. The summed E-state index contributed by atoms with van der Waals surface area (Å²) < 4.78 is 2.67. The highest BCUT2D eigenvalue weighted by Crippen LogP contribution is 2.38. The molecule has 0 bridgehead atoms. The summed E-state index contributed by atoms with van der Waals surface area (Å²) in [6, 6.07) is 10.3. The number of hydrogen-bond donors (Lipinski definition) is 1. The third-order valence-electron chi connectivity index (χ3n) is 3.31. The number of halogens is 2. The first-order chi connectivity index (χ1) is 10.2. The minimum Gasteiger partial charge on any atom is -0.306 e. The number of fused-ring (bicyclic) bond motifs is 1. The summed E-state index contributed by atoms with van der Waals surface area (Å²) in [6.07, 6.45) is 1.08. The maximum absolute atomic E-state index is 6.41. The van der Waals surface area contributed by atoms with E-state index in [4.69, 9.17) is 23.2 Å². The van der Waals surface area contributed by atoms with Crippen LogP contribution in [-0.2, 0) is 0 Å². The van der Waals surface area contributed by atoms with Crippen LogP contribution in [0, 0.1) is 0 Å². The summed E-state index contributed by atoms with van der Waals surface area (Å²) in [5, 5.41) is 7.12. The Morgan fingerprint density at radius 1 is 1.14 bits per heavy atom. The van der Waals surface area contributed by atoms with Crippen molar-refractivity contribution in [3.05, 3.63) is 56.2 Å². The van der Waals surface area contributed by atoms with Gasteiger partial charge in [-0.1, -0.05) is 36.2 Å². The Labute approximate surface area is 142 Å². The van der Waals surface area contributed by atoms with Gasteiger partial charge in [0.2, 0.25) is 0 Å². The van der Waals surface area contributed by atoms with Gasteiger partial charge >= 0.3 is 0 Å². The van der Waals surface area contributed by atoms with Crippen LogP contribution in [0.4, 0.5) is 0 Å². The van der Waals surface area contributed by atoms with Gasteiger partial charge in [-0.3, -0.25) is 0 Å². The molecule has 1 N–H and O–H groups in total. The van der Waals surface area contributed by atoms with Crippen molar-refractivity contribution in [1.82, 2.24) is 5.32 Å². The van der Waals surface area contributed by atoms with Gasteiger partial charge in [0.15, 0.2) is 0 Å². The highest BCUT2D eigenvalue weighted by atomic mass is 35.5. The Bertz CT molecular complexity index is 719. The summed E-state index contributed by atoms with van der Waals surface area (Å²) in [4.78, 5) is 1.30. The molecule has 3 rings (SSSR count). The first-order valence-corrected chi connectivity index (χ1v) is 9.29. The molecule has 3 aromatic rings. The molecule has 1 atom stereocenters. The SMILES string of the molecule is CCCNC(c1cc2sccc2s1)c1ccc(Cl)cc1Cl. The van der Waals surface area contributed by atoms with E-state index in [1.54, 1.807) is 11.3 Å². The number of nitrogens with one attached hydrogen (secondary N) is 1. The van der Waals surface area contributed by atoms with Crippen molar-refractivity contribution in [3.8, 4) is 0 Å². The van der Waals surface area contributed by atoms with Crippen LogP contribution in [0.1, 0.15) is 29.8 Å². The molecular weight excluding hydrogens is 341 g/mol. The van der Waals surface area contributed by atoms with Crippen LogP contribution in [0.5, 0.6) is 0 Å². The number of thiophene rings is 2. The molecule has 0 spiro atoms. The van der Waals surface area contributed by atoms with E-state index < -0.39 is 0 Å². The standard InChI is InChI=1S/C16H15Cl2NS2/c1-2-6-19-16(11-4-3-10(17)8-12(11)18)15-9-14-13(21-15)5-7-20-14/h3-5,7-9,16,19H,2,6H2,1H3. The second-order valence-corrected chi connectivity index (χ2v) is 7.76. The lowest BCUT2D eigenvalue weighted by Gasteiger charge is -2.19. The number of hydrogen-bond acceptors (Lipinski definition) is 3. The molecular formula is C16H15Cl2NS2. The Hall–Kier alpha value is -0.580. The van der Waals surface area contributed by atoms with Crippen LogP contribution in [0.15, 0.2) is 35.7 Å².